The Labute approximate surface area is 297 Å². The fourth-order valence-electron chi connectivity index (χ4n) is 8.17. The highest BCUT2D eigenvalue weighted by Crippen LogP contribution is 2.58. The number of aromatic nitrogens is 1. The SMILES string of the molecule is CC12C=C(c3cccc(C#N)c3-n3c4ccccc4c4ccccc43)C=CC1Sc1ccc3c(sc4ccc(-c5cccc(C#N)c5)cc43)c12. The smallest absolute Gasteiger partial charge is 0.101 e. The van der Waals surface area contributed by atoms with Crippen LogP contribution < -0.4 is 0 Å². The standard InChI is InChI=1S/C45H27N3S2/c1-45-24-30(32-13-7-10-31(26-47)43(32)48-37-14-4-2-11-33(37)34-12-3-5-15-38(34)48)17-21-41(45)49-40-20-18-35-36-23-29(28-9-6-8-27(22-28)25-46)16-19-39(36)50-44(35)42(40)45/h2-24,41H,1H3. The van der Waals surface area contributed by atoms with Gasteiger partial charge in [-0.15, -0.1) is 23.1 Å². The second kappa shape index (κ2) is 10.8. The third-order valence-electron chi connectivity index (χ3n) is 10.5. The van der Waals surface area contributed by atoms with Gasteiger partial charge in [0.1, 0.15) is 6.07 Å². The average Bonchev–Trinajstić information content (AvgIpc) is 3.80. The zero-order valence-corrected chi connectivity index (χ0v) is 28.6. The van der Waals surface area contributed by atoms with Crippen LogP contribution in [0.3, 0.4) is 0 Å². The molecule has 6 aromatic carbocycles. The van der Waals surface area contributed by atoms with Crippen LogP contribution in [-0.4, -0.2) is 9.82 Å². The fourth-order valence-corrected chi connectivity index (χ4v) is 11.0. The summed E-state index contributed by atoms with van der Waals surface area (Å²) in [5.41, 5.74) is 9.91. The Bertz CT molecular complexity index is 2850. The number of para-hydroxylation sites is 3. The van der Waals surface area contributed by atoms with Crippen molar-refractivity contribution in [3.8, 4) is 29.0 Å². The summed E-state index contributed by atoms with van der Waals surface area (Å²) in [5.74, 6) is 0. The maximum atomic E-state index is 10.5. The summed E-state index contributed by atoms with van der Waals surface area (Å²) in [6, 6.07) is 47.0. The number of thiophene rings is 1. The molecule has 2 aliphatic rings. The lowest BCUT2D eigenvalue weighted by molar-refractivity contribution is 0.629. The number of benzene rings is 6. The molecule has 1 aliphatic heterocycles. The van der Waals surface area contributed by atoms with Gasteiger partial charge in [-0.3, -0.25) is 0 Å². The molecule has 0 N–H and O–H groups in total. The molecule has 0 saturated heterocycles. The van der Waals surface area contributed by atoms with Crippen molar-refractivity contribution in [3.63, 3.8) is 0 Å². The van der Waals surface area contributed by atoms with E-state index in [0.29, 0.717) is 11.1 Å². The Hall–Kier alpha value is -5.85. The first-order chi connectivity index (χ1) is 24.6. The van der Waals surface area contributed by atoms with Crippen molar-refractivity contribution in [1.82, 2.24) is 4.57 Å². The first-order valence-electron chi connectivity index (χ1n) is 16.7. The van der Waals surface area contributed by atoms with E-state index < -0.39 is 0 Å². The molecule has 2 unspecified atom stereocenters. The number of nitriles is 2. The van der Waals surface area contributed by atoms with Gasteiger partial charge in [0.15, 0.2) is 0 Å². The molecule has 0 saturated carbocycles. The summed E-state index contributed by atoms with van der Waals surface area (Å²) in [7, 11) is 0. The van der Waals surface area contributed by atoms with Gasteiger partial charge in [0.25, 0.3) is 0 Å². The van der Waals surface area contributed by atoms with Crippen LogP contribution in [0.1, 0.15) is 29.2 Å². The zero-order chi connectivity index (χ0) is 33.6. The molecule has 0 bridgehead atoms. The maximum absolute atomic E-state index is 10.5. The van der Waals surface area contributed by atoms with Crippen molar-refractivity contribution >= 4 is 70.6 Å². The molecule has 10 rings (SSSR count). The molecular weight excluding hydrogens is 647 g/mol. The van der Waals surface area contributed by atoms with Crippen molar-refractivity contribution in [2.24, 2.45) is 0 Å². The largest absolute Gasteiger partial charge is 0.307 e. The highest BCUT2D eigenvalue weighted by Gasteiger charge is 2.45. The first kappa shape index (κ1) is 29.1. The van der Waals surface area contributed by atoms with Gasteiger partial charge in [-0.25, -0.2) is 0 Å². The minimum atomic E-state index is -0.255. The van der Waals surface area contributed by atoms with E-state index in [4.69, 9.17) is 0 Å². The van der Waals surface area contributed by atoms with E-state index in [9.17, 15) is 10.5 Å². The summed E-state index contributed by atoms with van der Waals surface area (Å²) in [4.78, 5) is 1.33. The molecular formula is C45H27N3S2. The van der Waals surface area contributed by atoms with E-state index in [1.807, 2.05) is 53.4 Å². The summed E-state index contributed by atoms with van der Waals surface area (Å²) in [5, 5.41) is 25.1. The van der Waals surface area contributed by atoms with E-state index in [1.165, 1.54) is 41.4 Å². The van der Waals surface area contributed by atoms with Crippen LogP contribution in [0.2, 0.25) is 0 Å². The Morgan fingerprint density at radius 3 is 2.24 bits per heavy atom. The monoisotopic (exact) mass is 673 g/mol. The molecule has 1 aliphatic carbocycles. The molecule has 5 heteroatoms. The van der Waals surface area contributed by atoms with Crippen molar-refractivity contribution in [2.45, 2.75) is 22.5 Å². The highest BCUT2D eigenvalue weighted by molar-refractivity contribution is 8.00. The molecule has 0 amide bonds. The first-order valence-corrected chi connectivity index (χ1v) is 18.4. The molecule has 2 aromatic heterocycles. The van der Waals surface area contributed by atoms with E-state index in [2.05, 4.69) is 133 Å². The van der Waals surface area contributed by atoms with Crippen LogP contribution in [0.25, 0.3) is 64.4 Å². The van der Waals surface area contributed by atoms with Crippen molar-refractivity contribution in [1.29, 1.82) is 10.5 Å². The van der Waals surface area contributed by atoms with Crippen LogP contribution in [0.15, 0.2) is 144 Å². The number of rotatable bonds is 3. The third kappa shape index (κ3) is 4.09. The molecule has 2 atom stereocenters. The summed E-state index contributed by atoms with van der Waals surface area (Å²) in [6.07, 6.45) is 7.10. The van der Waals surface area contributed by atoms with Crippen molar-refractivity contribution in [2.75, 3.05) is 0 Å². The summed E-state index contributed by atoms with van der Waals surface area (Å²) in [6.45, 7) is 2.39. The number of allylic oxidation sites excluding steroid dienone is 3. The van der Waals surface area contributed by atoms with Crippen molar-refractivity contribution in [3.05, 3.63) is 162 Å². The third-order valence-corrected chi connectivity index (χ3v) is 13.2. The normalized spacial score (nSPS) is 17.9. The average molecular weight is 674 g/mol. The lowest BCUT2D eigenvalue weighted by atomic mass is 9.74. The minimum absolute atomic E-state index is 0.255. The van der Waals surface area contributed by atoms with Gasteiger partial charge in [-0.2, -0.15) is 10.5 Å². The summed E-state index contributed by atoms with van der Waals surface area (Å²) >= 11 is 3.82. The van der Waals surface area contributed by atoms with Crippen LogP contribution >= 0.6 is 23.1 Å². The van der Waals surface area contributed by atoms with Gasteiger partial charge in [0.05, 0.1) is 33.9 Å². The van der Waals surface area contributed by atoms with Crippen LogP contribution in [0, 0.1) is 22.7 Å². The molecule has 0 spiro atoms. The van der Waals surface area contributed by atoms with E-state index in [1.54, 1.807) is 0 Å². The molecule has 50 heavy (non-hydrogen) atoms. The molecule has 0 radical (unpaired) electrons. The summed E-state index contributed by atoms with van der Waals surface area (Å²) < 4.78 is 4.88. The van der Waals surface area contributed by atoms with Crippen LogP contribution in [0.4, 0.5) is 0 Å². The second-order valence-electron chi connectivity index (χ2n) is 13.3. The molecule has 8 aromatic rings. The lowest BCUT2D eigenvalue weighted by Crippen LogP contribution is -2.29. The quantitative estimate of drug-likeness (QED) is 0.188. The molecule has 3 nitrogen and oxygen atoms in total. The van der Waals surface area contributed by atoms with E-state index in [0.717, 1.165) is 39.0 Å². The predicted octanol–water partition coefficient (Wildman–Crippen LogP) is 11.9. The topological polar surface area (TPSA) is 52.5 Å². The fraction of sp³-hybridized carbons (Fsp3) is 0.0667. The van der Waals surface area contributed by atoms with Gasteiger partial charge in [-0.1, -0.05) is 97.9 Å². The number of thioether (sulfide) groups is 1. The van der Waals surface area contributed by atoms with Gasteiger partial charge in [-0.05, 0) is 70.8 Å². The van der Waals surface area contributed by atoms with E-state index >= 15 is 0 Å². The Morgan fingerprint density at radius 1 is 0.700 bits per heavy atom. The number of hydrogen-bond donors (Lipinski definition) is 0. The zero-order valence-electron chi connectivity index (χ0n) is 27.0. The number of hydrogen-bond acceptors (Lipinski definition) is 4. The molecule has 234 valence electrons. The van der Waals surface area contributed by atoms with Gasteiger partial charge in [0.2, 0.25) is 0 Å². The van der Waals surface area contributed by atoms with Gasteiger partial charge < -0.3 is 4.57 Å². The molecule has 0 fully saturated rings. The lowest BCUT2D eigenvalue weighted by Gasteiger charge is -2.31. The highest BCUT2D eigenvalue weighted by atomic mass is 32.2. The Morgan fingerprint density at radius 2 is 1.46 bits per heavy atom. The number of fused-ring (bicyclic) bond motifs is 10. The van der Waals surface area contributed by atoms with Crippen LogP contribution in [-0.2, 0) is 5.41 Å². The predicted molar refractivity (Wildman–Crippen MR) is 209 cm³/mol. The van der Waals surface area contributed by atoms with E-state index in [-0.39, 0.29) is 10.7 Å². The van der Waals surface area contributed by atoms with Gasteiger partial charge >= 0.3 is 0 Å². The Balaban J connectivity index is 1.17. The number of nitrogens with zero attached hydrogens (tertiary/aromatic N) is 3. The van der Waals surface area contributed by atoms with Gasteiger partial charge in [0, 0.05) is 52.1 Å². The molecule has 3 heterocycles. The minimum Gasteiger partial charge on any atom is -0.307 e. The second-order valence-corrected chi connectivity index (χ2v) is 15.5. The maximum Gasteiger partial charge on any atom is 0.101 e. The van der Waals surface area contributed by atoms with Crippen molar-refractivity contribution < 1.29 is 0 Å². The van der Waals surface area contributed by atoms with Crippen LogP contribution in [0.5, 0.6) is 0 Å². The Kier molecular flexibility index (Phi) is 6.30.